The summed E-state index contributed by atoms with van der Waals surface area (Å²) in [5.41, 5.74) is 0.478. The average Bonchev–Trinajstić information content (AvgIpc) is 2.78. The molecule has 100 valence electrons. The molecule has 0 saturated carbocycles. The maximum absolute atomic E-state index is 11.7. The zero-order valence-electron chi connectivity index (χ0n) is 9.62. The van der Waals surface area contributed by atoms with Gasteiger partial charge in [-0.05, 0) is 42.7 Å². The molecule has 1 aromatic carbocycles. The van der Waals surface area contributed by atoms with Gasteiger partial charge in [0, 0.05) is 5.02 Å². The van der Waals surface area contributed by atoms with E-state index in [1.54, 1.807) is 31.2 Å². The van der Waals surface area contributed by atoms with Crippen LogP contribution in [0.5, 0.6) is 5.75 Å². The fraction of sp³-hybridized carbons (Fsp3) is 0.100. The molecule has 0 aliphatic rings. The number of amides is 1. The number of aromatic nitrogens is 2. The molecule has 1 N–H and O–H groups in total. The fourth-order valence-electron chi connectivity index (χ4n) is 1.16. The number of rotatable bonds is 4. The van der Waals surface area contributed by atoms with E-state index in [2.05, 4.69) is 14.3 Å². The van der Waals surface area contributed by atoms with Crippen molar-refractivity contribution in [2.24, 2.45) is 0 Å². The third-order valence-electron chi connectivity index (χ3n) is 2.02. The van der Waals surface area contributed by atoms with Crippen LogP contribution in [0.2, 0.25) is 5.02 Å². The van der Waals surface area contributed by atoms with Gasteiger partial charge in [-0.25, -0.2) is 4.72 Å². The Labute approximate surface area is 120 Å². The summed E-state index contributed by atoms with van der Waals surface area (Å²) in [6, 6.07) is 6.28. The van der Waals surface area contributed by atoms with Crippen molar-refractivity contribution in [3.05, 3.63) is 39.9 Å². The van der Waals surface area contributed by atoms with E-state index in [1.165, 1.54) is 0 Å². The molecule has 1 unspecified atom stereocenters. The molecule has 0 radical (unpaired) electrons. The van der Waals surface area contributed by atoms with Crippen LogP contribution in [0.3, 0.4) is 0 Å². The first-order valence-electron chi connectivity index (χ1n) is 5.02. The van der Waals surface area contributed by atoms with E-state index in [9.17, 15) is 9.00 Å². The lowest BCUT2D eigenvalue weighted by Gasteiger charge is -2.05. The normalized spacial score (nSPS) is 11.9. The molecular weight excluding hydrogens is 310 g/mol. The standard InChI is InChI=1S/C10H8ClN3O3S2/c1-6-9(18-14-12-6)10(15)13-19(16)17-8-4-2-7(11)3-5-8/h2-5H,1H3,(H,13,15). The minimum Gasteiger partial charge on any atom is -0.385 e. The van der Waals surface area contributed by atoms with Gasteiger partial charge < -0.3 is 4.18 Å². The first kappa shape index (κ1) is 13.9. The molecule has 1 heterocycles. The molecule has 0 spiro atoms. The maximum atomic E-state index is 11.7. The van der Waals surface area contributed by atoms with Crippen molar-refractivity contribution in [1.82, 2.24) is 14.3 Å². The minimum atomic E-state index is -1.99. The molecule has 1 amide bonds. The Morgan fingerprint density at radius 1 is 1.42 bits per heavy atom. The zero-order chi connectivity index (χ0) is 13.8. The smallest absolute Gasteiger partial charge is 0.318 e. The Hall–Kier alpha value is -1.51. The van der Waals surface area contributed by atoms with Gasteiger partial charge in [0.05, 0.1) is 5.69 Å². The summed E-state index contributed by atoms with van der Waals surface area (Å²) in [6.45, 7) is 1.64. The maximum Gasteiger partial charge on any atom is 0.318 e. The van der Waals surface area contributed by atoms with Crippen molar-refractivity contribution in [1.29, 1.82) is 0 Å². The average molecular weight is 318 g/mol. The highest BCUT2D eigenvalue weighted by Crippen LogP contribution is 2.16. The second kappa shape index (κ2) is 6.09. The monoisotopic (exact) mass is 317 g/mol. The Morgan fingerprint density at radius 2 is 2.11 bits per heavy atom. The molecule has 2 rings (SSSR count). The van der Waals surface area contributed by atoms with Crippen LogP contribution in [0.15, 0.2) is 24.3 Å². The first-order valence-corrected chi connectivity index (χ1v) is 7.24. The van der Waals surface area contributed by atoms with Crippen molar-refractivity contribution < 1.29 is 13.2 Å². The van der Waals surface area contributed by atoms with E-state index >= 15 is 0 Å². The fourth-order valence-corrected chi connectivity index (χ4v) is 2.48. The number of halogens is 1. The van der Waals surface area contributed by atoms with Crippen LogP contribution in [0.4, 0.5) is 0 Å². The van der Waals surface area contributed by atoms with Crippen LogP contribution in [0.1, 0.15) is 15.4 Å². The topological polar surface area (TPSA) is 81.2 Å². The highest BCUT2D eigenvalue weighted by atomic mass is 35.5. The van der Waals surface area contributed by atoms with Crippen LogP contribution in [0.25, 0.3) is 0 Å². The van der Waals surface area contributed by atoms with Gasteiger partial charge in [-0.2, -0.15) is 4.21 Å². The molecule has 0 saturated heterocycles. The number of benzene rings is 1. The molecule has 0 bridgehead atoms. The van der Waals surface area contributed by atoms with Gasteiger partial charge in [0.1, 0.15) is 10.6 Å². The van der Waals surface area contributed by atoms with Gasteiger partial charge in [0.2, 0.25) is 0 Å². The summed E-state index contributed by atoms with van der Waals surface area (Å²) in [5.74, 6) is -0.206. The molecule has 0 fully saturated rings. The molecule has 9 heteroatoms. The highest BCUT2D eigenvalue weighted by molar-refractivity contribution is 7.79. The van der Waals surface area contributed by atoms with Crippen molar-refractivity contribution in [3.8, 4) is 5.75 Å². The van der Waals surface area contributed by atoms with Gasteiger partial charge in [0.25, 0.3) is 5.91 Å². The highest BCUT2D eigenvalue weighted by Gasteiger charge is 2.16. The van der Waals surface area contributed by atoms with E-state index < -0.39 is 17.2 Å². The molecule has 1 atom stereocenters. The van der Waals surface area contributed by atoms with E-state index in [0.29, 0.717) is 21.3 Å². The van der Waals surface area contributed by atoms with Crippen molar-refractivity contribution in [2.45, 2.75) is 6.92 Å². The second-order valence-electron chi connectivity index (χ2n) is 3.39. The summed E-state index contributed by atoms with van der Waals surface area (Å²) in [7, 11) is 0. The number of nitrogens with one attached hydrogen (secondary N) is 1. The van der Waals surface area contributed by atoms with Gasteiger partial charge in [0.15, 0.2) is 0 Å². The van der Waals surface area contributed by atoms with Gasteiger partial charge in [-0.3, -0.25) is 4.79 Å². The van der Waals surface area contributed by atoms with E-state index in [0.717, 1.165) is 11.5 Å². The lowest BCUT2D eigenvalue weighted by molar-refractivity contribution is 0.0984. The van der Waals surface area contributed by atoms with Crippen LogP contribution < -0.4 is 8.91 Å². The Balaban J connectivity index is 1.96. The Morgan fingerprint density at radius 3 is 2.68 bits per heavy atom. The van der Waals surface area contributed by atoms with Gasteiger partial charge in [-0.15, -0.1) is 5.10 Å². The molecule has 1 aromatic heterocycles. The third-order valence-corrected chi connectivity index (χ3v) is 3.79. The largest absolute Gasteiger partial charge is 0.385 e. The number of carbonyl (C=O) groups excluding carboxylic acids is 1. The van der Waals surface area contributed by atoms with Crippen LogP contribution in [-0.2, 0) is 11.3 Å². The minimum absolute atomic E-state index is 0.299. The van der Waals surface area contributed by atoms with Gasteiger partial charge in [-0.1, -0.05) is 16.1 Å². The molecule has 0 aliphatic heterocycles. The number of hydrogen-bond acceptors (Lipinski definition) is 6. The van der Waals surface area contributed by atoms with Crippen LogP contribution >= 0.6 is 23.1 Å². The summed E-state index contributed by atoms with van der Waals surface area (Å²) >= 11 is 4.64. The zero-order valence-corrected chi connectivity index (χ0v) is 12.0. The lowest BCUT2D eigenvalue weighted by Crippen LogP contribution is -2.28. The molecular formula is C10H8ClN3O3S2. The summed E-state index contributed by atoms with van der Waals surface area (Å²) in [5, 5.41) is 4.23. The van der Waals surface area contributed by atoms with Crippen LogP contribution in [0, 0.1) is 6.92 Å². The van der Waals surface area contributed by atoms with E-state index in [4.69, 9.17) is 15.8 Å². The summed E-state index contributed by atoms with van der Waals surface area (Å²) < 4.78 is 22.4. The first-order chi connectivity index (χ1) is 9.06. The third kappa shape index (κ3) is 3.72. The molecule has 0 aliphatic carbocycles. The predicted octanol–water partition coefficient (Wildman–Crippen LogP) is 1.89. The molecule has 19 heavy (non-hydrogen) atoms. The predicted molar refractivity (Wildman–Crippen MR) is 72.3 cm³/mol. The SMILES string of the molecule is Cc1nnsc1C(=O)NS(=O)Oc1ccc(Cl)cc1. The van der Waals surface area contributed by atoms with Gasteiger partial charge >= 0.3 is 11.3 Å². The second-order valence-corrected chi connectivity index (χ2v) is 5.42. The number of aryl methyl sites for hydroxylation is 1. The summed E-state index contributed by atoms with van der Waals surface area (Å²) in [6.07, 6.45) is 0. The van der Waals surface area contributed by atoms with Crippen molar-refractivity contribution >= 4 is 40.3 Å². The molecule has 2 aromatic rings. The number of nitrogens with zero attached hydrogens (tertiary/aromatic N) is 2. The van der Waals surface area contributed by atoms with Crippen LogP contribution in [-0.4, -0.2) is 19.7 Å². The Bertz CT molecular complexity index is 615. The quantitative estimate of drug-likeness (QED) is 0.931. The molecule has 6 nitrogen and oxygen atoms in total. The van der Waals surface area contributed by atoms with E-state index in [-0.39, 0.29) is 0 Å². The van der Waals surface area contributed by atoms with Crippen molar-refractivity contribution in [2.75, 3.05) is 0 Å². The number of carbonyl (C=O) groups is 1. The summed E-state index contributed by atoms with van der Waals surface area (Å²) in [4.78, 5) is 12.0. The van der Waals surface area contributed by atoms with Crippen molar-refractivity contribution in [3.63, 3.8) is 0 Å². The Kier molecular flexibility index (Phi) is 4.46. The van der Waals surface area contributed by atoms with E-state index in [1.807, 2.05) is 0 Å². The lowest BCUT2D eigenvalue weighted by atomic mass is 10.3. The number of hydrogen-bond donors (Lipinski definition) is 1.